The van der Waals surface area contributed by atoms with E-state index in [1.807, 2.05) is 0 Å². The van der Waals surface area contributed by atoms with Gasteiger partial charge in [-0.15, -0.1) is 0 Å². The second-order valence-corrected chi connectivity index (χ2v) is 3.75. The van der Waals surface area contributed by atoms with E-state index in [1.54, 1.807) is 6.92 Å². The first-order valence-corrected chi connectivity index (χ1v) is 5.19. The van der Waals surface area contributed by atoms with Crippen molar-refractivity contribution in [3.05, 3.63) is 28.3 Å². The van der Waals surface area contributed by atoms with E-state index < -0.39 is 28.8 Å². The zero-order valence-corrected chi connectivity index (χ0v) is 9.95. The van der Waals surface area contributed by atoms with Crippen molar-refractivity contribution >= 4 is 17.4 Å². The Kier molecular flexibility index (Phi) is 4.03. The number of carbonyl (C=O) groups excluding carboxylic acids is 1. The van der Waals surface area contributed by atoms with E-state index in [9.17, 15) is 18.0 Å². The van der Waals surface area contributed by atoms with Gasteiger partial charge in [-0.3, -0.25) is 4.79 Å². The summed E-state index contributed by atoms with van der Waals surface area (Å²) in [5, 5.41) is 0.0339. The quantitative estimate of drug-likeness (QED) is 0.774. The molecule has 1 aromatic rings. The molecule has 0 fully saturated rings. The molecule has 0 saturated heterocycles. The van der Waals surface area contributed by atoms with Crippen LogP contribution < -0.4 is 4.74 Å². The Morgan fingerprint density at radius 2 is 2.00 bits per heavy atom. The molecule has 0 saturated carbocycles. The summed E-state index contributed by atoms with van der Waals surface area (Å²) in [6, 6.07) is 2.05. The van der Waals surface area contributed by atoms with Gasteiger partial charge in [0.2, 0.25) is 0 Å². The van der Waals surface area contributed by atoms with Gasteiger partial charge in [0.25, 0.3) is 0 Å². The molecule has 1 rings (SSSR count). The number of benzene rings is 1. The molecule has 0 heterocycles. The molecule has 6 heteroatoms. The number of rotatable bonds is 3. The number of hydrogen-bond donors (Lipinski definition) is 0. The molecule has 0 bridgehead atoms. The zero-order valence-electron chi connectivity index (χ0n) is 9.19. The predicted molar refractivity (Wildman–Crippen MR) is 57.6 cm³/mol. The number of Topliss-reactive ketones (excluding diaryl/α,β-unsaturated/α-hetero) is 1. The Morgan fingerprint density at radius 1 is 1.41 bits per heavy atom. The van der Waals surface area contributed by atoms with E-state index in [0.29, 0.717) is 0 Å². The maximum atomic E-state index is 12.8. The van der Waals surface area contributed by atoms with E-state index in [-0.39, 0.29) is 11.6 Å². The minimum Gasteiger partial charge on any atom is -0.493 e. The van der Waals surface area contributed by atoms with Gasteiger partial charge in [-0.25, -0.2) is 0 Å². The highest BCUT2D eigenvalue weighted by Crippen LogP contribution is 2.40. The first kappa shape index (κ1) is 13.8. The second kappa shape index (κ2) is 4.96. The van der Waals surface area contributed by atoms with Crippen LogP contribution in [0, 0.1) is 0 Å². The van der Waals surface area contributed by atoms with Crippen molar-refractivity contribution in [2.24, 2.45) is 0 Å². The molecule has 0 aromatic heterocycles. The average molecular weight is 267 g/mol. The van der Waals surface area contributed by atoms with E-state index in [0.717, 1.165) is 19.1 Å². The van der Waals surface area contributed by atoms with Crippen LogP contribution in [-0.2, 0) is 6.18 Å². The van der Waals surface area contributed by atoms with Crippen molar-refractivity contribution in [2.45, 2.75) is 20.0 Å². The first-order valence-electron chi connectivity index (χ1n) is 4.81. The Bertz CT molecular complexity index is 441. The molecule has 0 N–H and O–H groups in total. The third kappa shape index (κ3) is 3.12. The Morgan fingerprint density at radius 3 is 2.41 bits per heavy atom. The van der Waals surface area contributed by atoms with Crippen LogP contribution in [0.4, 0.5) is 13.2 Å². The first-order chi connectivity index (χ1) is 7.77. The molecule has 17 heavy (non-hydrogen) atoms. The lowest BCUT2D eigenvalue weighted by Crippen LogP contribution is -2.14. The lowest BCUT2D eigenvalue weighted by Gasteiger charge is -2.16. The summed E-state index contributed by atoms with van der Waals surface area (Å²) in [5.74, 6) is -1.13. The average Bonchev–Trinajstić information content (AvgIpc) is 2.14. The zero-order chi connectivity index (χ0) is 13.2. The van der Waals surface area contributed by atoms with Gasteiger partial charge in [-0.1, -0.05) is 11.6 Å². The number of carbonyl (C=O) groups is 1. The van der Waals surface area contributed by atoms with E-state index >= 15 is 0 Å². The Hall–Kier alpha value is -1.23. The van der Waals surface area contributed by atoms with Crippen molar-refractivity contribution in [2.75, 3.05) is 6.61 Å². The van der Waals surface area contributed by atoms with Crippen LogP contribution in [0.3, 0.4) is 0 Å². The van der Waals surface area contributed by atoms with Gasteiger partial charge >= 0.3 is 6.18 Å². The van der Waals surface area contributed by atoms with Gasteiger partial charge in [-0.05, 0) is 26.0 Å². The van der Waals surface area contributed by atoms with Crippen LogP contribution in [0.25, 0.3) is 0 Å². The highest BCUT2D eigenvalue weighted by Gasteiger charge is 2.38. The van der Waals surface area contributed by atoms with E-state index in [1.165, 1.54) is 0 Å². The minimum absolute atomic E-state index is 0.0339. The molecular weight excluding hydrogens is 257 g/mol. The van der Waals surface area contributed by atoms with Gasteiger partial charge in [-0.2, -0.15) is 13.2 Å². The monoisotopic (exact) mass is 266 g/mol. The molecule has 0 aliphatic rings. The summed E-state index contributed by atoms with van der Waals surface area (Å²) in [6.45, 7) is 2.66. The second-order valence-electron chi connectivity index (χ2n) is 3.31. The Labute approximate surface area is 101 Å². The summed E-state index contributed by atoms with van der Waals surface area (Å²) in [7, 11) is 0. The summed E-state index contributed by atoms with van der Waals surface area (Å²) < 4.78 is 43.4. The lowest BCUT2D eigenvalue weighted by molar-refractivity contribution is -0.139. The number of hydrogen-bond acceptors (Lipinski definition) is 2. The molecular formula is C11H10ClF3O2. The molecule has 2 nitrogen and oxygen atoms in total. The molecule has 0 aliphatic heterocycles. The molecule has 0 radical (unpaired) electrons. The maximum Gasteiger partial charge on any atom is 0.420 e. The number of halogens is 4. The van der Waals surface area contributed by atoms with Crippen molar-refractivity contribution < 1.29 is 22.7 Å². The lowest BCUT2D eigenvalue weighted by atomic mass is 10.0. The molecule has 0 spiro atoms. The fourth-order valence-corrected chi connectivity index (χ4v) is 1.63. The summed E-state index contributed by atoms with van der Waals surface area (Å²) >= 11 is 5.65. The Balaban J connectivity index is 3.53. The fourth-order valence-electron chi connectivity index (χ4n) is 1.42. The van der Waals surface area contributed by atoms with Gasteiger partial charge in [0.15, 0.2) is 5.78 Å². The van der Waals surface area contributed by atoms with Crippen LogP contribution in [0.15, 0.2) is 12.1 Å². The number of ketones is 1. The third-order valence-electron chi connectivity index (χ3n) is 2.03. The van der Waals surface area contributed by atoms with Crippen LogP contribution in [0.1, 0.15) is 29.8 Å². The van der Waals surface area contributed by atoms with Crippen LogP contribution >= 0.6 is 11.6 Å². The molecule has 0 amide bonds. The van der Waals surface area contributed by atoms with Gasteiger partial charge < -0.3 is 4.74 Å². The van der Waals surface area contributed by atoms with Gasteiger partial charge in [0.05, 0.1) is 6.61 Å². The molecule has 94 valence electrons. The third-order valence-corrected chi connectivity index (χ3v) is 2.25. The van der Waals surface area contributed by atoms with Crippen molar-refractivity contribution in [1.29, 1.82) is 0 Å². The SMILES string of the molecule is CCOc1cc(Cl)cc(C(C)=O)c1C(F)(F)F. The largest absolute Gasteiger partial charge is 0.493 e. The number of alkyl halides is 3. The van der Waals surface area contributed by atoms with Gasteiger partial charge in [0.1, 0.15) is 11.3 Å². The standard InChI is InChI=1S/C11H10ClF3O2/c1-3-17-9-5-7(12)4-8(6(2)16)10(9)11(13,14)15/h4-5H,3H2,1-2H3. The highest BCUT2D eigenvalue weighted by molar-refractivity contribution is 6.31. The molecule has 0 aliphatic carbocycles. The van der Waals surface area contributed by atoms with Crippen molar-refractivity contribution in [3.8, 4) is 5.75 Å². The van der Waals surface area contributed by atoms with Crippen molar-refractivity contribution in [3.63, 3.8) is 0 Å². The number of ether oxygens (including phenoxy) is 1. The summed E-state index contributed by atoms with van der Waals surface area (Å²) in [4.78, 5) is 11.2. The van der Waals surface area contributed by atoms with Crippen molar-refractivity contribution in [1.82, 2.24) is 0 Å². The topological polar surface area (TPSA) is 26.3 Å². The van der Waals surface area contributed by atoms with E-state index in [2.05, 4.69) is 0 Å². The van der Waals surface area contributed by atoms with Gasteiger partial charge in [0, 0.05) is 10.6 Å². The maximum absolute atomic E-state index is 12.8. The molecule has 1 aromatic carbocycles. The fraction of sp³-hybridized carbons (Fsp3) is 0.364. The van der Waals surface area contributed by atoms with Crippen LogP contribution in [0.5, 0.6) is 5.75 Å². The van der Waals surface area contributed by atoms with Crippen LogP contribution in [0.2, 0.25) is 5.02 Å². The molecule has 0 atom stereocenters. The molecule has 0 unspecified atom stereocenters. The minimum atomic E-state index is -4.66. The smallest absolute Gasteiger partial charge is 0.420 e. The normalized spacial score (nSPS) is 11.4. The highest BCUT2D eigenvalue weighted by atomic mass is 35.5. The predicted octanol–water partition coefficient (Wildman–Crippen LogP) is 3.96. The summed E-state index contributed by atoms with van der Waals surface area (Å²) in [5.41, 5.74) is -1.55. The van der Waals surface area contributed by atoms with E-state index in [4.69, 9.17) is 16.3 Å². The summed E-state index contributed by atoms with van der Waals surface area (Å²) in [6.07, 6.45) is -4.66. The van der Waals surface area contributed by atoms with Crippen LogP contribution in [-0.4, -0.2) is 12.4 Å².